The molecule has 2 fully saturated rings. The molecule has 1 spiro atoms. The predicted octanol–water partition coefficient (Wildman–Crippen LogP) is 3.14. The standard InChI is InChI=1S/C20H23N3O/c1-22-10-8-20(9-11-22)7-6-16(19(20)24)18-15-5-3-2-4-14(15)17-12-21-13-23(17)18/h2-5,12-13,16,18H,6-11H2,1H3/t16-,18+/m1/s1. The Labute approximate surface area is 142 Å². The average Bonchev–Trinajstić information content (AvgIpc) is 3.26. The van der Waals surface area contributed by atoms with Crippen LogP contribution in [0.1, 0.15) is 37.3 Å². The van der Waals surface area contributed by atoms with Gasteiger partial charge in [-0.25, -0.2) is 4.98 Å². The van der Waals surface area contributed by atoms with Gasteiger partial charge in [0.2, 0.25) is 0 Å². The first-order chi connectivity index (χ1) is 11.7. The first-order valence-electron chi connectivity index (χ1n) is 9.04. The lowest BCUT2D eigenvalue weighted by atomic mass is 9.74. The number of hydrogen-bond acceptors (Lipinski definition) is 3. The van der Waals surface area contributed by atoms with Crippen LogP contribution in [0.25, 0.3) is 11.3 Å². The lowest BCUT2D eigenvalue weighted by molar-refractivity contribution is -0.131. The molecular formula is C20H23N3O. The Balaban J connectivity index is 1.53. The van der Waals surface area contributed by atoms with Gasteiger partial charge in [0, 0.05) is 16.9 Å². The second kappa shape index (κ2) is 5.03. The second-order valence-corrected chi connectivity index (χ2v) is 7.81. The van der Waals surface area contributed by atoms with Crippen molar-refractivity contribution in [2.24, 2.45) is 11.3 Å². The Bertz CT molecular complexity index is 801. The summed E-state index contributed by atoms with van der Waals surface area (Å²) in [7, 11) is 2.16. The van der Waals surface area contributed by atoms with Gasteiger partial charge in [-0.1, -0.05) is 24.3 Å². The van der Waals surface area contributed by atoms with E-state index in [-0.39, 0.29) is 17.4 Å². The van der Waals surface area contributed by atoms with E-state index in [4.69, 9.17) is 0 Å². The van der Waals surface area contributed by atoms with E-state index in [1.807, 2.05) is 12.5 Å². The molecule has 0 bridgehead atoms. The third kappa shape index (κ3) is 1.83. The number of aromatic nitrogens is 2. The number of hydrogen-bond donors (Lipinski definition) is 0. The smallest absolute Gasteiger partial charge is 0.144 e. The Morgan fingerprint density at radius 1 is 1.17 bits per heavy atom. The first-order valence-corrected chi connectivity index (χ1v) is 9.04. The summed E-state index contributed by atoms with van der Waals surface area (Å²) in [4.78, 5) is 20.2. The van der Waals surface area contributed by atoms with Gasteiger partial charge in [0.15, 0.2) is 0 Å². The number of ketones is 1. The summed E-state index contributed by atoms with van der Waals surface area (Å²) in [6.45, 7) is 2.10. The van der Waals surface area contributed by atoms with Gasteiger partial charge in [0.1, 0.15) is 5.78 Å². The molecule has 1 aliphatic carbocycles. The Morgan fingerprint density at radius 3 is 2.79 bits per heavy atom. The SMILES string of the molecule is CN1CCC2(CC[C@H]([C@@H]3c4ccccc4-c4cncn43)C2=O)CC1. The van der Waals surface area contributed by atoms with E-state index in [1.54, 1.807) is 0 Å². The summed E-state index contributed by atoms with van der Waals surface area (Å²) in [5, 5.41) is 0. The summed E-state index contributed by atoms with van der Waals surface area (Å²) < 4.78 is 2.24. The molecule has 2 atom stereocenters. The number of carbonyl (C=O) groups is 1. The van der Waals surface area contributed by atoms with Gasteiger partial charge in [0.25, 0.3) is 0 Å². The number of imidazole rings is 1. The molecular weight excluding hydrogens is 298 g/mol. The fourth-order valence-corrected chi connectivity index (χ4v) is 5.21. The van der Waals surface area contributed by atoms with Crippen molar-refractivity contribution in [3.8, 4) is 11.3 Å². The third-order valence-electron chi connectivity index (χ3n) is 6.64. The molecule has 3 heterocycles. The molecule has 1 aromatic heterocycles. The second-order valence-electron chi connectivity index (χ2n) is 7.81. The molecule has 4 heteroatoms. The van der Waals surface area contributed by atoms with Crippen LogP contribution in [0.2, 0.25) is 0 Å². The molecule has 24 heavy (non-hydrogen) atoms. The van der Waals surface area contributed by atoms with E-state index in [0.717, 1.165) is 44.5 Å². The van der Waals surface area contributed by atoms with Crippen LogP contribution in [0.3, 0.4) is 0 Å². The molecule has 4 nitrogen and oxygen atoms in total. The minimum Gasteiger partial charge on any atom is -0.322 e. The highest BCUT2D eigenvalue weighted by atomic mass is 16.1. The van der Waals surface area contributed by atoms with Crippen molar-refractivity contribution in [3.05, 3.63) is 42.4 Å². The van der Waals surface area contributed by atoms with Gasteiger partial charge in [0.05, 0.1) is 24.3 Å². The van der Waals surface area contributed by atoms with E-state index < -0.39 is 0 Å². The van der Waals surface area contributed by atoms with Crippen molar-refractivity contribution in [1.82, 2.24) is 14.5 Å². The van der Waals surface area contributed by atoms with Crippen LogP contribution in [0.4, 0.5) is 0 Å². The molecule has 0 unspecified atom stereocenters. The Morgan fingerprint density at radius 2 is 1.96 bits per heavy atom. The van der Waals surface area contributed by atoms with Crippen molar-refractivity contribution in [3.63, 3.8) is 0 Å². The van der Waals surface area contributed by atoms with Crippen molar-refractivity contribution >= 4 is 5.78 Å². The zero-order valence-electron chi connectivity index (χ0n) is 14.1. The van der Waals surface area contributed by atoms with Crippen molar-refractivity contribution in [1.29, 1.82) is 0 Å². The maximum absolute atomic E-state index is 13.5. The van der Waals surface area contributed by atoms with E-state index >= 15 is 0 Å². The minimum atomic E-state index is -0.0601. The molecule has 3 aliphatic rings. The maximum Gasteiger partial charge on any atom is 0.144 e. The largest absolute Gasteiger partial charge is 0.322 e. The molecule has 124 valence electrons. The number of benzene rings is 1. The fourth-order valence-electron chi connectivity index (χ4n) is 5.21. The summed E-state index contributed by atoms with van der Waals surface area (Å²) >= 11 is 0. The van der Waals surface area contributed by atoms with Gasteiger partial charge in [-0.2, -0.15) is 0 Å². The van der Waals surface area contributed by atoms with Crippen molar-refractivity contribution in [2.75, 3.05) is 20.1 Å². The highest BCUT2D eigenvalue weighted by Gasteiger charge is 2.52. The number of Topliss-reactive ketones (excluding diaryl/α,β-unsaturated/α-hetero) is 1. The van der Waals surface area contributed by atoms with Gasteiger partial charge in [-0.3, -0.25) is 4.79 Å². The molecule has 1 aromatic carbocycles. The number of piperidine rings is 1. The normalized spacial score (nSPS) is 28.3. The van der Waals surface area contributed by atoms with Crippen LogP contribution in [0, 0.1) is 11.3 Å². The van der Waals surface area contributed by atoms with E-state index in [2.05, 4.69) is 45.8 Å². The van der Waals surface area contributed by atoms with Crippen LogP contribution in [0.5, 0.6) is 0 Å². The van der Waals surface area contributed by atoms with Gasteiger partial charge >= 0.3 is 0 Å². The quantitative estimate of drug-likeness (QED) is 0.810. The fraction of sp³-hybridized carbons (Fsp3) is 0.500. The molecule has 0 radical (unpaired) electrons. The number of nitrogens with zero attached hydrogens (tertiary/aromatic N) is 3. The highest BCUT2D eigenvalue weighted by Crippen LogP contribution is 2.53. The van der Waals surface area contributed by atoms with Gasteiger partial charge in [-0.05, 0) is 51.4 Å². The zero-order chi connectivity index (χ0) is 16.3. The van der Waals surface area contributed by atoms with Crippen LogP contribution >= 0.6 is 0 Å². The third-order valence-corrected chi connectivity index (χ3v) is 6.64. The monoisotopic (exact) mass is 321 g/mol. The first kappa shape index (κ1) is 14.4. The van der Waals surface area contributed by atoms with Crippen LogP contribution in [-0.4, -0.2) is 40.4 Å². The van der Waals surface area contributed by atoms with E-state index in [0.29, 0.717) is 5.78 Å². The molecule has 1 saturated heterocycles. The predicted molar refractivity (Wildman–Crippen MR) is 92.7 cm³/mol. The molecule has 5 rings (SSSR count). The van der Waals surface area contributed by atoms with Crippen molar-refractivity contribution < 1.29 is 4.79 Å². The molecule has 2 aliphatic heterocycles. The van der Waals surface area contributed by atoms with Crippen LogP contribution < -0.4 is 0 Å². The molecule has 2 aromatic rings. The Kier molecular flexibility index (Phi) is 3.02. The molecule has 0 amide bonds. The lowest BCUT2D eigenvalue weighted by Crippen LogP contribution is -2.42. The lowest BCUT2D eigenvalue weighted by Gasteiger charge is -2.37. The number of fused-ring (bicyclic) bond motifs is 3. The van der Waals surface area contributed by atoms with Gasteiger partial charge < -0.3 is 9.47 Å². The highest BCUT2D eigenvalue weighted by molar-refractivity contribution is 5.91. The van der Waals surface area contributed by atoms with Gasteiger partial charge in [-0.15, -0.1) is 0 Å². The topological polar surface area (TPSA) is 38.1 Å². The summed E-state index contributed by atoms with van der Waals surface area (Å²) in [6, 6.07) is 8.67. The van der Waals surface area contributed by atoms with Crippen LogP contribution in [0.15, 0.2) is 36.8 Å². The minimum absolute atomic E-state index is 0.0601. The number of likely N-dealkylation sites (tertiary alicyclic amines) is 1. The average molecular weight is 321 g/mol. The number of carbonyl (C=O) groups excluding carboxylic acids is 1. The number of rotatable bonds is 1. The molecule has 1 saturated carbocycles. The summed E-state index contributed by atoms with van der Waals surface area (Å²) in [6.07, 6.45) is 7.98. The Hall–Kier alpha value is -1.94. The molecule has 0 N–H and O–H groups in total. The van der Waals surface area contributed by atoms with Crippen molar-refractivity contribution in [2.45, 2.75) is 31.7 Å². The summed E-state index contributed by atoms with van der Waals surface area (Å²) in [5.74, 6) is 0.613. The maximum atomic E-state index is 13.5. The van der Waals surface area contributed by atoms with E-state index in [9.17, 15) is 4.79 Å². The summed E-state index contributed by atoms with van der Waals surface area (Å²) in [5.41, 5.74) is 3.65. The van der Waals surface area contributed by atoms with Crippen LogP contribution in [-0.2, 0) is 4.79 Å². The van der Waals surface area contributed by atoms with E-state index in [1.165, 1.54) is 11.1 Å². The zero-order valence-corrected chi connectivity index (χ0v) is 14.1.